The van der Waals surface area contributed by atoms with E-state index >= 15 is 0 Å². The lowest BCUT2D eigenvalue weighted by molar-refractivity contribution is 0.300. The quantitative estimate of drug-likeness (QED) is 0.321. The molecule has 0 radical (unpaired) electrons. The Morgan fingerprint density at radius 1 is 0.794 bits per heavy atom. The second-order valence-electron chi connectivity index (χ2n) is 8.57. The highest BCUT2D eigenvalue weighted by Gasteiger charge is 2.23. The number of phenolic OH excluding ortho intramolecular Hbond substituents is 1. The molecule has 0 spiro atoms. The Balaban J connectivity index is 1.38. The molecular weight excluding hydrogens is 422 g/mol. The number of nitriles is 1. The first-order valence-electron chi connectivity index (χ1n) is 12.0. The maximum atomic E-state index is 9.57. The van der Waals surface area contributed by atoms with E-state index in [1.165, 1.54) is 12.1 Å². The molecule has 0 bridgehead atoms. The third-order valence-electron chi connectivity index (χ3n) is 5.79. The number of hydrogen-bond donors (Lipinski definition) is 1. The molecule has 170 valence electrons. The Morgan fingerprint density at radius 2 is 1.32 bits per heavy atom. The molecule has 0 saturated heterocycles. The molecule has 0 aliphatic heterocycles. The van der Waals surface area contributed by atoms with Crippen molar-refractivity contribution in [2.45, 2.75) is 32.5 Å². The van der Waals surface area contributed by atoms with E-state index in [9.17, 15) is 5.11 Å². The topological polar surface area (TPSA) is 62.5 Å². The molecule has 0 heterocycles. The molecule has 0 aliphatic rings. The summed E-state index contributed by atoms with van der Waals surface area (Å²) in [5, 5.41) is 18.5. The number of aromatic hydroxyl groups is 1. The van der Waals surface area contributed by atoms with E-state index in [4.69, 9.17) is 17.5 Å². The lowest BCUT2D eigenvalue weighted by atomic mass is 9.78. The van der Waals surface area contributed by atoms with Crippen molar-refractivity contribution in [3.05, 3.63) is 125 Å². The van der Waals surface area contributed by atoms with E-state index in [1.807, 2.05) is 54.6 Å². The van der Waals surface area contributed by atoms with Gasteiger partial charge in [-0.25, -0.2) is 0 Å². The van der Waals surface area contributed by atoms with E-state index in [0.717, 1.165) is 28.0 Å². The Labute approximate surface area is 203 Å². The normalized spacial score (nSPS) is 11.8. The maximum absolute atomic E-state index is 9.57. The van der Waals surface area contributed by atoms with Gasteiger partial charge >= 0.3 is 0 Å². The van der Waals surface area contributed by atoms with Crippen molar-refractivity contribution in [1.82, 2.24) is 0 Å². The van der Waals surface area contributed by atoms with Crippen LogP contribution < -0.4 is 9.47 Å². The average Bonchev–Trinajstić information content (AvgIpc) is 2.87. The van der Waals surface area contributed by atoms with Crippen LogP contribution in [0.2, 0.25) is 0 Å². The monoisotopic (exact) mass is 453 g/mol. The van der Waals surface area contributed by atoms with Crippen molar-refractivity contribution in [1.29, 1.82) is 5.26 Å². The number of ether oxygens (including phenoxy) is 2. The first kappa shape index (κ1) is 20.4. The third-order valence-corrected chi connectivity index (χ3v) is 5.79. The summed E-state index contributed by atoms with van der Waals surface area (Å²) in [5.41, 5.74) is 4.18. The lowest BCUT2D eigenvalue weighted by Gasteiger charge is -2.26. The number of rotatable bonds is 8. The van der Waals surface area contributed by atoms with Crippen molar-refractivity contribution in [3.63, 3.8) is 0 Å². The lowest BCUT2D eigenvalue weighted by Crippen LogP contribution is -2.18. The van der Waals surface area contributed by atoms with Gasteiger partial charge in [0.1, 0.15) is 30.5 Å². The molecule has 4 rings (SSSR count). The van der Waals surface area contributed by atoms with Gasteiger partial charge in [0.2, 0.25) is 0 Å². The van der Waals surface area contributed by atoms with Gasteiger partial charge in [0, 0.05) is 5.41 Å². The SMILES string of the molecule is [3H]c1cc(C#N)cc([3H])c1OCc1cccc(COc2ccc(C(C)(C)c3ccc(O)cc3)cc2)c1. The van der Waals surface area contributed by atoms with Crippen molar-refractivity contribution in [3.8, 4) is 23.3 Å². The molecule has 0 amide bonds. The van der Waals surface area contributed by atoms with Crippen molar-refractivity contribution < 1.29 is 17.3 Å². The number of phenols is 1. The van der Waals surface area contributed by atoms with Crippen LogP contribution in [0.25, 0.3) is 0 Å². The Hall–Kier alpha value is -4.23. The minimum atomic E-state index is -0.215. The maximum Gasteiger partial charge on any atom is 0.119 e. The molecule has 4 nitrogen and oxygen atoms in total. The molecule has 4 aromatic carbocycles. The highest BCUT2D eigenvalue weighted by atomic mass is 16.5. The fraction of sp³-hybridized carbons (Fsp3) is 0.167. The zero-order valence-corrected chi connectivity index (χ0v) is 19.2. The molecule has 4 aromatic rings. The predicted octanol–water partition coefficient (Wildman–Crippen LogP) is 6.75. The summed E-state index contributed by atoms with van der Waals surface area (Å²) >= 11 is 0. The van der Waals surface area contributed by atoms with Crippen LogP contribution in [0.1, 0.15) is 44.4 Å². The molecule has 34 heavy (non-hydrogen) atoms. The summed E-state index contributed by atoms with van der Waals surface area (Å²) in [5.74, 6) is 1.17. The average molecular weight is 454 g/mol. The van der Waals surface area contributed by atoms with Crippen LogP contribution in [0.5, 0.6) is 17.2 Å². The molecule has 0 saturated carbocycles. The standard InChI is InChI=1S/C30H27NO3/c1-30(2,25-8-12-27(32)13-9-25)26-10-16-29(17-11-26)34-21-24-5-3-4-23(18-24)20-33-28-14-6-22(19-31)7-15-28/h3-18,32H,20-21H2,1-2H3/i14T,15T. The molecule has 0 unspecified atom stereocenters. The fourth-order valence-electron chi connectivity index (χ4n) is 3.66. The first-order chi connectivity index (χ1) is 17.3. The van der Waals surface area contributed by atoms with Crippen LogP contribution in [-0.2, 0) is 18.6 Å². The second kappa shape index (κ2) is 10.1. The number of hydrogen-bond acceptors (Lipinski definition) is 4. The minimum absolute atomic E-state index is 0.0237. The van der Waals surface area contributed by atoms with E-state index in [2.05, 4.69) is 26.0 Å². The van der Waals surface area contributed by atoms with Crippen LogP contribution >= 0.6 is 0 Å². The van der Waals surface area contributed by atoms with Gasteiger partial charge in [0.15, 0.2) is 0 Å². The zero-order valence-electron chi connectivity index (χ0n) is 21.2. The third kappa shape index (κ3) is 5.57. The van der Waals surface area contributed by atoms with Crippen molar-refractivity contribution in [2.24, 2.45) is 0 Å². The van der Waals surface area contributed by atoms with Crippen LogP contribution in [0.4, 0.5) is 0 Å². The van der Waals surface area contributed by atoms with Crippen LogP contribution in [-0.4, -0.2) is 5.11 Å². The Morgan fingerprint density at radius 3 is 1.88 bits per heavy atom. The highest BCUT2D eigenvalue weighted by Crippen LogP contribution is 2.33. The van der Waals surface area contributed by atoms with E-state index in [-0.39, 0.29) is 41.2 Å². The number of benzene rings is 4. The molecule has 0 aromatic heterocycles. The van der Waals surface area contributed by atoms with Gasteiger partial charge in [0.25, 0.3) is 0 Å². The van der Waals surface area contributed by atoms with Gasteiger partial charge in [-0.15, -0.1) is 0 Å². The Bertz CT molecular complexity index is 1370. The molecule has 0 fully saturated rings. The van der Waals surface area contributed by atoms with Gasteiger partial charge in [-0.1, -0.05) is 56.3 Å². The molecule has 1 N–H and O–H groups in total. The van der Waals surface area contributed by atoms with Gasteiger partial charge in [-0.2, -0.15) is 5.26 Å². The highest BCUT2D eigenvalue weighted by molar-refractivity contribution is 5.41. The smallest absolute Gasteiger partial charge is 0.119 e. The summed E-state index contributed by atoms with van der Waals surface area (Å²) in [6.45, 7) is 4.89. The van der Waals surface area contributed by atoms with Crippen LogP contribution in [0.15, 0.2) is 97.0 Å². The molecule has 0 atom stereocenters. The predicted molar refractivity (Wildman–Crippen MR) is 133 cm³/mol. The number of nitrogens with zero attached hydrogens (tertiary/aromatic N) is 1. The zero-order chi connectivity index (χ0) is 25.7. The van der Waals surface area contributed by atoms with Crippen molar-refractivity contribution >= 4 is 0 Å². The summed E-state index contributed by atoms with van der Waals surface area (Å²) in [4.78, 5) is 0. The molecular formula is C30H27NO3. The van der Waals surface area contributed by atoms with Gasteiger partial charge in [-0.3, -0.25) is 0 Å². The Kier molecular flexibility index (Phi) is 6.08. The largest absolute Gasteiger partial charge is 0.508 e. The fourth-order valence-corrected chi connectivity index (χ4v) is 3.66. The summed E-state index contributed by atoms with van der Waals surface area (Å²) in [6.07, 6.45) is 0. The van der Waals surface area contributed by atoms with Crippen LogP contribution in [0.3, 0.4) is 0 Å². The summed E-state index contributed by atoms with van der Waals surface area (Å²) in [6, 6.07) is 27.9. The summed E-state index contributed by atoms with van der Waals surface area (Å²) < 4.78 is 27.7. The molecule has 4 heteroatoms. The van der Waals surface area contributed by atoms with E-state index in [1.54, 1.807) is 12.1 Å². The van der Waals surface area contributed by atoms with E-state index < -0.39 is 0 Å². The minimum Gasteiger partial charge on any atom is -0.508 e. The van der Waals surface area contributed by atoms with Crippen LogP contribution in [0, 0.1) is 11.3 Å². The van der Waals surface area contributed by atoms with E-state index in [0.29, 0.717) is 6.61 Å². The molecule has 0 aliphatic carbocycles. The summed E-state index contributed by atoms with van der Waals surface area (Å²) in [7, 11) is 0. The first-order valence-corrected chi connectivity index (χ1v) is 11.0. The van der Waals surface area contributed by atoms with Gasteiger partial charge in [0.05, 0.1) is 14.4 Å². The van der Waals surface area contributed by atoms with Gasteiger partial charge in [-0.05, 0) is 76.8 Å². The van der Waals surface area contributed by atoms with Gasteiger partial charge < -0.3 is 14.6 Å². The van der Waals surface area contributed by atoms with Crippen molar-refractivity contribution in [2.75, 3.05) is 0 Å². The second-order valence-corrected chi connectivity index (χ2v) is 8.57.